The minimum Gasteiger partial charge on any atom is -0.299 e. The molecule has 1 aliphatic carbocycles. The molecule has 0 aromatic carbocycles. The quantitative estimate of drug-likeness (QED) is 0.741. The number of aromatic nitrogens is 1. The lowest BCUT2D eigenvalue weighted by Crippen LogP contribution is -2.20. The summed E-state index contributed by atoms with van der Waals surface area (Å²) in [4.78, 5) is 6.83. The van der Waals surface area contributed by atoms with Crippen molar-refractivity contribution >= 4 is 22.9 Å². The second kappa shape index (κ2) is 4.81. The number of nitrogens with zero attached hydrogens (tertiary/aromatic N) is 2. The van der Waals surface area contributed by atoms with Crippen LogP contribution in [0, 0.1) is 11.8 Å². The van der Waals surface area contributed by atoms with Gasteiger partial charge in [-0.1, -0.05) is 6.92 Å². The first-order valence-electron chi connectivity index (χ1n) is 5.37. The molecule has 2 nitrogen and oxygen atoms in total. The van der Waals surface area contributed by atoms with Crippen LogP contribution in [0.1, 0.15) is 24.0 Å². The van der Waals surface area contributed by atoms with Crippen molar-refractivity contribution in [3.05, 3.63) is 16.1 Å². The minimum absolute atomic E-state index is 0.528. The van der Waals surface area contributed by atoms with Gasteiger partial charge in [0.1, 0.15) is 5.01 Å². The zero-order chi connectivity index (χ0) is 10.8. The molecule has 1 aliphatic rings. The highest BCUT2D eigenvalue weighted by Gasteiger charge is 2.33. The Morgan fingerprint density at radius 2 is 2.40 bits per heavy atom. The van der Waals surface area contributed by atoms with Gasteiger partial charge in [0.05, 0.1) is 18.1 Å². The van der Waals surface area contributed by atoms with Gasteiger partial charge in [-0.25, -0.2) is 4.98 Å². The van der Waals surface area contributed by atoms with E-state index < -0.39 is 0 Å². The first-order chi connectivity index (χ1) is 7.19. The van der Waals surface area contributed by atoms with Crippen molar-refractivity contribution in [3.8, 4) is 0 Å². The number of rotatable bonds is 5. The number of halogens is 1. The Bertz CT molecular complexity index is 326. The van der Waals surface area contributed by atoms with Gasteiger partial charge in [0.15, 0.2) is 0 Å². The van der Waals surface area contributed by atoms with Crippen molar-refractivity contribution in [1.29, 1.82) is 0 Å². The highest BCUT2D eigenvalue weighted by atomic mass is 35.5. The Labute approximate surface area is 100 Å². The fraction of sp³-hybridized carbons (Fsp3) is 0.727. The van der Waals surface area contributed by atoms with Gasteiger partial charge in [0.2, 0.25) is 0 Å². The third-order valence-electron chi connectivity index (χ3n) is 2.96. The molecule has 1 fully saturated rings. The van der Waals surface area contributed by atoms with Gasteiger partial charge in [-0.3, -0.25) is 4.90 Å². The normalized spacial score (nSPS) is 24.8. The van der Waals surface area contributed by atoms with E-state index in [2.05, 4.69) is 29.2 Å². The topological polar surface area (TPSA) is 16.1 Å². The van der Waals surface area contributed by atoms with Crippen LogP contribution in [0.4, 0.5) is 0 Å². The van der Waals surface area contributed by atoms with E-state index in [-0.39, 0.29) is 0 Å². The van der Waals surface area contributed by atoms with Crippen LogP contribution in [0.2, 0.25) is 0 Å². The summed E-state index contributed by atoms with van der Waals surface area (Å²) in [6, 6.07) is 0. The van der Waals surface area contributed by atoms with Crippen molar-refractivity contribution in [1.82, 2.24) is 9.88 Å². The summed E-state index contributed by atoms with van der Waals surface area (Å²) in [5, 5.41) is 3.23. The molecule has 0 saturated heterocycles. The van der Waals surface area contributed by atoms with Gasteiger partial charge in [-0.2, -0.15) is 0 Å². The Balaban J connectivity index is 1.80. The molecular weight excluding hydrogens is 228 g/mol. The monoisotopic (exact) mass is 244 g/mol. The van der Waals surface area contributed by atoms with Crippen molar-refractivity contribution in [3.63, 3.8) is 0 Å². The third-order valence-corrected chi connectivity index (χ3v) is 4.12. The minimum atomic E-state index is 0.528. The summed E-state index contributed by atoms with van der Waals surface area (Å²) in [6.45, 7) is 4.50. The van der Waals surface area contributed by atoms with Crippen molar-refractivity contribution in [2.45, 2.75) is 25.8 Å². The molecular formula is C11H17ClN2S. The summed E-state index contributed by atoms with van der Waals surface area (Å²) in [7, 11) is 2.17. The number of hydrogen-bond donors (Lipinski definition) is 0. The maximum Gasteiger partial charge on any atom is 0.107 e. The molecule has 0 aliphatic heterocycles. The summed E-state index contributed by atoms with van der Waals surface area (Å²) in [6.07, 6.45) is 1.40. The molecule has 2 unspecified atom stereocenters. The van der Waals surface area contributed by atoms with Crippen molar-refractivity contribution < 1.29 is 0 Å². The molecule has 0 N–H and O–H groups in total. The van der Waals surface area contributed by atoms with E-state index in [1.54, 1.807) is 11.3 Å². The number of hydrogen-bond acceptors (Lipinski definition) is 3. The number of alkyl halides is 1. The molecule has 1 aromatic rings. The van der Waals surface area contributed by atoms with Gasteiger partial charge in [0, 0.05) is 11.9 Å². The van der Waals surface area contributed by atoms with Gasteiger partial charge in [-0.05, 0) is 25.3 Å². The second-order valence-corrected chi connectivity index (χ2v) is 5.75. The van der Waals surface area contributed by atoms with Crippen molar-refractivity contribution in [2.24, 2.45) is 11.8 Å². The second-order valence-electron chi connectivity index (χ2n) is 4.54. The van der Waals surface area contributed by atoms with Crippen LogP contribution < -0.4 is 0 Å². The standard InChI is InChI=1S/C11H17ClN2S/c1-8-3-9(8)5-14(2)6-11-13-10(4-12)7-15-11/h7-9H,3-6H2,1-2H3. The molecule has 2 atom stereocenters. The summed E-state index contributed by atoms with van der Waals surface area (Å²) in [5.74, 6) is 2.38. The molecule has 1 heterocycles. The van der Waals surface area contributed by atoms with Crippen molar-refractivity contribution in [2.75, 3.05) is 13.6 Å². The summed E-state index contributed by atoms with van der Waals surface area (Å²) in [5.41, 5.74) is 1.00. The zero-order valence-corrected chi connectivity index (χ0v) is 10.8. The van der Waals surface area contributed by atoms with E-state index in [1.165, 1.54) is 18.0 Å². The molecule has 0 spiro atoms. The van der Waals surface area contributed by atoms with Crippen LogP contribution in [0.5, 0.6) is 0 Å². The van der Waals surface area contributed by atoms with E-state index in [0.29, 0.717) is 5.88 Å². The third kappa shape index (κ3) is 3.16. The van der Waals surface area contributed by atoms with Gasteiger partial charge < -0.3 is 0 Å². The van der Waals surface area contributed by atoms with E-state index in [9.17, 15) is 0 Å². The van der Waals surface area contributed by atoms with Crippen LogP contribution in [0.25, 0.3) is 0 Å². The fourth-order valence-electron chi connectivity index (χ4n) is 1.83. The Morgan fingerprint density at radius 1 is 1.67 bits per heavy atom. The Morgan fingerprint density at radius 3 is 2.93 bits per heavy atom. The van der Waals surface area contributed by atoms with Crippen LogP contribution in [-0.4, -0.2) is 23.5 Å². The Kier molecular flexibility index (Phi) is 3.65. The lowest BCUT2D eigenvalue weighted by molar-refractivity contribution is 0.307. The molecule has 84 valence electrons. The first kappa shape index (κ1) is 11.4. The lowest BCUT2D eigenvalue weighted by Gasteiger charge is -2.14. The first-order valence-corrected chi connectivity index (χ1v) is 6.78. The van der Waals surface area contributed by atoms with Gasteiger partial charge >= 0.3 is 0 Å². The smallest absolute Gasteiger partial charge is 0.107 e. The molecule has 1 saturated carbocycles. The molecule has 4 heteroatoms. The van der Waals surface area contributed by atoms with E-state index >= 15 is 0 Å². The largest absolute Gasteiger partial charge is 0.299 e. The highest BCUT2D eigenvalue weighted by Crippen LogP contribution is 2.38. The van der Waals surface area contributed by atoms with E-state index in [1.807, 2.05) is 0 Å². The Hall–Kier alpha value is -0.120. The lowest BCUT2D eigenvalue weighted by atomic mass is 10.3. The van der Waals surface area contributed by atoms with Crippen LogP contribution in [0.3, 0.4) is 0 Å². The molecule has 2 rings (SSSR count). The molecule has 0 radical (unpaired) electrons. The zero-order valence-electron chi connectivity index (χ0n) is 9.24. The highest BCUT2D eigenvalue weighted by molar-refractivity contribution is 7.09. The average Bonchev–Trinajstić information content (AvgIpc) is 2.72. The molecule has 0 bridgehead atoms. The van der Waals surface area contributed by atoms with Crippen LogP contribution in [-0.2, 0) is 12.4 Å². The van der Waals surface area contributed by atoms with E-state index in [0.717, 1.165) is 24.1 Å². The molecule has 1 aromatic heterocycles. The average molecular weight is 245 g/mol. The predicted molar refractivity (Wildman–Crippen MR) is 65.3 cm³/mol. The van der Waals surface area contributed by atoms with Crippen LogP contribution >= 0.6 is 22.9 Å². The van der Waals surface area contributed by atoms with Gasteiger partial charge in [0.25, 0.3) is 0 Å². The summed E-state index contributed by atoms with van der Waals surface area (Å²) < 4.78 is 0. The maximum absolute atomic E-state index is 5.72. The van der Waals surface area contributed by atoms with E-state index in [4.69, 9.17) is 11.6 Å². The predicted octanol–water partition coefficient (Wildman–Crippen LogP) is 2.97. The number of thiazole rings is 1. The SMILES string of the molecule is CC1CC1CN(C)Cc1nc(CCl)cs1. The summed E-state index contributed by atoms with van der Waals surface area (Å²) >= 11 is 7.43. The van der Waals surface area contributed by atoms with Gasteiger partial charge in [-0.15, -0.1) is 22.9 Å². The molecule has 15 heavy (non-hydrogen) atoms. The fourth-order valence-corrected chi connectivity index (χ4v) is 2.93. The molecule has 0 amide bonds. The van der Waals surface area contributed by atoms with Crippen LogP contribution in [0.15, 0.2) is 5.38 Å². The maximum atomic E-state index is 5.72.